The Morgan fingerprint density at radius 1 is 1.27 bits per heavy atom. The lowest BCUT2D eigenvalue weighted by molar-refractivity contribution is -0.149. The van der Waals surface area contributed by atoms with Gasteiger partial charge in [-0.3, -0.25) is 9.36 Å². The fourth-order valence-electron chi connectivity index (χ4n) is 3.73. The molecule has 3 rings (SSSR count). The molecular formula is C24H35FN7O4P. The van der Waals surface area contributed by atoms with Gasteiger partial charge in [0.1, 0.15) is 29.5 Å². The molecule has 11 nitrogen and oxygen atoms in total. The van der Waals surface area contributed by atoms with E-state index in [9.17, 15) is 13.8 Å². The van der Waals surface area contributed by atoms with Crippen LogP contribution in [0.25, 0.3) is 11.2 Å². The summed E-state index contributed by atoms with van der Waals surface area (Å²) >= 11 is 0. The minimum atomic E-state index is -3.58. The largest absolute Gasteiger partial charge is 0.464 e. The van der Waals surface area contributed by atoms with Crippen LogP contribution >= 0.6 is 7.44 Å². The van der Waals surface area contributed by atoms with Crippen LogP contribution in [-0.4, -0.2) is 50.1 Å². The average Bonchev–Trinajstić information content (AvgIpc) is 3.24. The van der Waals surface area contributed by atoms with Crippen LogP contribution in [0.2, 0.25) is 0 Å². The van der Waals surface area contributed by atoms with Crippen molar-refractivity contribution in [2.45, 2.75) is 65.3 Å². The van der Waals surface area contributed by atoms with Crippen molar-refractivity contribution in [3.63, 3.8) is 0 Å². The Morgan fingerprint density at radius 3 is 2.73 bits per heavy atom. The van der Waals surface area contributed by atoms with Crippen LogP contribution in [0.1, 0.15) is 52.6 Å². The van der Waals surface area contributed by atoms with Crippen LogP contribution in [0, 0.1) is 5.82 Å². The second-order valence-corrected chi connectivity index (χ2v) is 11.7. The predicted molar refractivity (Wildman–Crippen MR) is 139 cm³/mol. The van der Waals surface area contributed by atoms with E-state index in [0.717, 1.165) is 0 Å². The lowest BCUT2D eigenvalue weighted by atomic mass is 10.1. The second-order valence-electron chi connectivity index (χ2n) is 9.45. The number of halogens is 1. The Bertz CT molecular complexity index is 1270. The van der Waals surface area contributed by atoms with Crippen LogP contribution in [-0.2, 0) is 25.4 Å². The molecular weight excluding hydrogens is 500 g/mol. The molecule has 1 aromatic carbocycles. The summed E-state index contributed by atoms with van der Waals surface area (Å²) in [5.74, 6) is -0.664. The van der Waals surface area contributed by atoms with Gasteiger partial charge in [0.05, 0.1) is 25.6 Å². The van der Waals surface area contributed by atoms with Gasteiger partial charge in [-0.15, -0.1) is 0 Å². The van der Waals surface area contributed by atoms with Gasteiger partial charge in [0.15, 0.2) is 11.5 Å². The van der Waals surface area contributed by atoms with Gasteiger partial charge in [0.25, 0.3) is 0 Å². The number of nitrogens with one attached hydrogen (secondary N) is 2. The van der Waals surface area contributed by atoms with Crippen molar-refractivity contribution < 1.29 is 23.2 Å². The first-order chi connectivity index (χ1) is 17.4. The molecule has 3 atom stereocenters. The highest BCUT2D eigenvalue weighted by Crippen LogP contribution is 2.42. The zero-order valence-electron chi connectivity index (χ0n) is 21.8. The Labute approximate surface area is 215 Å². The molecule has 3 aromatic rings. The number of nitrogens with two attached hydrogens (primary N) is 1. The third-order valence-corrected chi connectivity index (χ3v) is 7.82. The number of carbonyl (C=O) groups excluding carboxylic acids is 1. The summed E-state index contributed by atoms with van der Waals surface area (Å²) in [6.45, 7) is 9.26. The first kappa shape index (κ1) is 28.6. The Balaban J connectivity index is 1.76. The van der Waals surface area contributed by atoms with E-state index in [0.29, 0.717) is 29.7 Å². The Hall–Kier alpha value is -2.92. The van der Waals surface area contributed by atoms with E-state index in [4.69, 9.17) is 15.2 Å². The number of carbonyl (C=O) groups is 1. The van der Waals surface area contributed by atoms with E-state index in [-0.39, 0.29) is 18.8 Å². The van der Waals surface area contributed by atoms with Crippen LogP contribution in [0.4, 0.5) is 10.2 Å². The maximum Gasteiger partial charge on any atom is 0.326 e. The summed E-state index contributed by atoms with van der Waals surface area (Å²) < 4.78 is 41.0. The number of imidazole rings is 1. The number of aromatic nitrogens is 4. The number of nitrogens with zero attached hydrogens (tertiary/aromatic N) is 4. The minimum Gasteiger partial charge on any atom is -0.464 e. The molecule has 37 heavy (non-hydrogen) atoms. The van der Waals surface area contributed by atoms with Crippen molar-refractivity contribution in [1.29, 1.82) is 0 Å². The van der Waals surface area contributed by atoms with E-state index < -0.39 is 36.9 Å². The molecule has 0 radical (unpaired) electrons. The van der Waals surface area contributed by atoms with E-state index in [1.165, 1.54) is 18.5 Å². The highest BCUT2D eigenvalue weighted by Gasteiger charge is 2.38. The zero-order valence-corrected chi connectivity index (χ0v) is 22.7. The van der Waals surface area contributed by atoms with Gasteiger partial charge >= 0.3 is 5.97 Å². The molecule has 0 spiro atoms. The van der Waals surface area contributed by atoms with Crippen molar-refractivity contribution in [1.82, 2.24) is 29.7 Å². The topological polar surface area (TPSA) is 146 Å². The molecule has 202 valence electrons. The summed E-state index contributed by atoms with van der Waals surface area (Å²) in [6.07, 6.45) is 2.95. The molecule has 0 aliphatic rings. The van der Waals surface area contributed by atoms with E-state index in [1.807, 2.05) is 13.8 Å². The molecule has 4 N–H and O–H groups in total. The number of esters is 1. The summed E-state index contributed by atoms with van der Waals surface area (Å²) in [4.78, 5) is 25.1. The van der Waals surface area contributed by atoms with Crippen LogP contribution in [0.3, 0.4) is 0 Å². The van der Waals surface area contributed by atoms with Crippen molar-refractivity contribution in [2.24, 2.45) is 0 Å². The average molecular weight is 536 g/mol. The molecule has 13 heteroatoms. The number of hydrogen-bond acceptors (Lipinski definition) is 8. The Morgan fingerprint density at radius 2 is 2.03 bits per heavy atom. The number of rotatable bonds is 13. The molecule has 2 aromatic heterocycles. The molecule has 0 saturated heterocycles. The molecule has 3 unspecified atom stereocenters. The second kappa shape index (κ2) is 12.1. The van der Waals surface area contributed by atoms with Crippen LogP contribution in [0.15, 0.2) is 36.9 Å². The van der Waals surface area contributed by atoms with Crippen LogP contribution in [0.5, 0.6) is 0 Å². The van der Waals surface area contributed by atoms with Crippen LogP contribution < -0.4 is 15.9 Å². The molecule has 0 aliphatic carbocycles. The van der Waals surface area contributed by atoms with Gasteiger partial charge in [-0.05, 0) is 51.8 Å². The van der Waals surface area contributed by atoms with E-state index >= 15 is 0 Å². The molecule has 0 saturated carbocycles. The number of nitrogen functional groups attached to an aromatic ring is 1. The highest BCUT2D eigenvalue weighted by molar-refractivity contribution is 7.59. The van der Waals surface area contributed by atoms with Crippen molar-refractivity contribution in [3.8, 4) is 0 Å². The smallest absolute Gasteiger partial charge is 0.326 e. The Kier molecular flexibility index (Phi) is 9.36. The number of fused-ring (bicyclic) bond motifs is 1. The van der Waals surface area contributed by atoms with E-state index in [1.54, 1.807) is 43.8 Å². The number of ether oxygens (including phenoxy) is 2. The van der Waals surface area contributed by atoms with Crippen molar-refractivity contribution >= 4 is 30.4 Å². The molecule has 0 amide bonds. The number of benzene rings is 1. The third-order valence-electron chi connectivity index (χ3n) is 5.58. The zero-order chi connectivity index (χ0) is 27.2. The van der Waals surface area contributed by atoms with Gasteiger partial charge in [0.2, 0.25) is 7.44 Å². The van der Waals surface area contributed by atoms with Gasteiger partial charge in [-0.25, -0.2) is 29.5 Å². The quantitative estimate of drug-likeness (QED) is 0.218. The SMILES string of the molecule is CCCOC(=O)C(C)(C)NP(=O)(COC(C)Cn1cnc2c(N)ncnc21)NC(C)c1cccc(F)c1. The number of anilines is 1. The summed E-state index contributed by atoms with van der Waals surface area (Å²) in [5.41, 5.74) is 6.23. The predicted octanol–water partition coefficient (Wildman–Crippen LogP) is 3.78. The highest BCUT2D eigenvalue weighted by atomic mass is 31.2. The van der Waals surface area contributed by atoms with Gasteiger partial charge < -0.3 is 19.8 Å². The summed E-state index contributed by atoms with van der Waals surface area (Å²) in [5, 5.41) is 5.98. The standard InChI is InChI=1S/C24H35FN7O4P/c1-6-10-35-23(33)24(4,5)31-37(34,30-17(3)18-8-7-9-19(25)11-18)15-36-16(2)12-32-14-29-20-21(26)27-13-28-22(20)32/h7-9,11,13-14,16-17H,6,10,12,15H2,1-5H3,(H2,26,27,28)(H2,30,31,34). The lowest BCUT2D eigenvalue weighted by Gasteiger charge is -2.33. The maximum absolute atomic E-state index is 14.1. The fraction of sp³-hybridized carbons (Fsp3) is 0.500. The number of hydrogen-bond donors (Lipinski definition) is 3. The lowest BCUT2D eigenvalue weighted by Crippen LogP contribution is -2.49. The first-order valence-electron chi connectivity index (χ1n) is 12.1. The molecule has 0 fully saturated rings. The van der Waals surface area contributed by atoms with Gasteiger partial charge in [-0.2, -0.15) is 0 Å². The molecule has 0 aliphatic heterocycles. The van der Waals surface area contributed by atoms with Crippen molar-refractivity contribution in [3.05, 3.63) is 48.3 Å². The third kappa shape index (κ3) is 7.54. The fourth-order valence-corrected chi connectivity index (χ4v) is 6.17. The summed E-state index contributed by atoms with van der Waals surface area (Å²) in [7, 11) is -3.58. The van der Waals surface area contributed by atoms with Gasteiger partial charge in [0, 0.05) is 6.04 Å². The van der Waals surface area contributed by atoms with Gasteiger partial charge in [-0.1, -0.05) is 19.1 Å². The van der Waals surface area contributed by atoms with E-state index in [2.05, 4.69) is 25.1 Å². The molecule has 0 bridgehead atoms. The minimum absolute atomic E-state index is 0.248. The van der Waals surface area contributed by atoms with Crippen molar-refractivity contribution in [2.75, 3.05) is 18.7 Å². The first-order valence-corrected chi connectivity index (χ1v) is 13.9. The summed E-state index contributed by atoms with van der Waals surface area (Å²) in [6, 6.07) is 5.51. The molecule has 2 heterocycles. The normalized spacial score (nSPS) is 15.3. The maximum atomic E-state index is 14.1. The monoisotopic (exact) mass is 535 g/mol.